The van der Waals surface area contributed by atoms with Crippen LogP contribution in [0.25, 0.3) is 0 Å². The van der Waals surface area contributed by atoms with Gasteiger partial charge in [0.2, 0.25) is 17.7 Å². The van der Waals surface area contributed by atoms with E-state index < -0.39 is 0 Å². The summed E-state index contributed by atoms with van der Waals surface area (Å²) in [5.41, 5.74) is 9.47. The van der Waals surface area contributed by atoms with E-state index in [1.54, 1.807) is 12.1 Å². The Morgan fingerprint density at radius 2 is 1.60 bits per heavy atom. The summed E-state index contributed by atoms with van der Waals surface area (Å²) in [7, 11) is 0. The Hall–Kier alpha value is -5.36. The van der Waals surface area contributed by atoms with Crippen LogP contribution in [0.1, 0.15) is 123 Å². The van der Waals surface area contributed by atoms with E-state index in [0.29, 0.717) is 30.1 Å². The fraction of sp³-hybridized carbons (Fsp3) is 0.510. The van der Waals surface area contributed by atoms with Crippen molar-refractivity contribution in [1.29, 1.82) is 0 Å². The van der Waals surface area contributed by atoms with Crippen molar-refractivity contribution < 1.29 is 23.5 Å². The maximum Gasteiger partial charge on any atom is 0.237 e. The largest absolute Gasteiger partial charge is 0.474 e. The number of Topliss-reactive ketones (excluding diaryl/α,β-unsaturated/α-hetero) is 1. The van der Waals surface area contributed by atoms with E-state index in [0.717, 1.165) is 61.0 Å². The standard InChI is InChI=1S/C20H27FN2O.C16H26N2.C9H12N2O.C6H11NO2/c1-6-8-18(14(3)7-2)13-22-16(5)23-19-10-9-17(11-15(4)24)20(21)12-19;1-4-10-17(11-5-2)16-12-18(13-16)15-8-6-14(3)7-9-15;1-6-5-11-9-8(7(6)2)10-3-4-12-9;1-3-4-6(9)7-5(2)8/h9-10,12-13H,3,6-8,11H2,1-2,4-5H3,(H,22,23);6-9,16H,4-5,10-13H2,1-3H3;5,10H,3-4H2,1-2H3;3-4H2,1-2H3,(H,7,8,9)/b18-13-;;;. The molecule has 0 atom stereocenters. The zero-order chi connectivity index (χ0) is 46.9. The van der Waals surface area contributed by atoms with Gasteiger partial charge in [-0.15, -0.1) is 0 Å². The van der Waals surface area contributed by atoms with Crippen molar-refractivity contribution in [2.24, 2.45) is 4.99 Å². The number of hydrogen-bond donors (Lipinski definition) is 3. The molecule has 1 fully saturated rings. The van der Waals surface area contributed by atoms with Crippen molar-refractivity contribution in [2.45, 2.75) is 134 Å². The van der Waals surface area contributed by atoms with Crippen molar-refractivity contribution in [3.63, 3.8) is 0 Å². The van der Waals surface area contributed by atoms with Crippen molar-refractivity contribution in [3.05, 3.63) is 101 Å². The average molecular weight is 870 g/mol. The van der Waals surface area contributed by atoms with Crippen molar-refractivity contribution >= 4 is 40.5 Å². The fourth-order valence-corrected chi connectivity index (χ4v) is 6.79. The molecule has 2 aliphatic heterocycles. The monoisotopic (exact) mass is 870 g/mol. The van der Waals surface area contributed by atoms with Gasteiger partial charge in [0.1, 0.15) is 29.7 Å². The smallest absolute Gasteiger partial charge is 0.237 e. The molecule has 0 aliphatic carbocycles. The molecular formula is C51H76FN7O4. The summed E-state index contributed by atoms with van der Waals surface area (Å²) in [5, 5.41) is 8.52. The second-order valence-corrected chi connectivity index (χ2v) is 16.2. The molecule has 1 saturated heterocycles. The van der Waals surface area contributed by atoms with Crippen molar-refractivity contribution in [1.82, 2.24) is 15.2 Å². The summed E-state index contributed by atoms with van der Waals surface area (Å²) in [5.74, 6) is 0.496. The van der Waals surface area contributed by atoms with Crippen LogP contribution in [0.3, 0.4) is 0 Å². The van der Waals surface area contributed by atoms with E-state index in [1.807, 2.05) is 26.2 Å². The number of aryl methyl sites for hydroxylation is 2. The number of pyridine rings is 1. The molecule has 346 valence electrons. The van der Waals surface area contributed by atoms with Crippen LogP contribution in [0.15, 0.2) is 77.6 Å². The summed E-state index contributed by atoms with van der Waals surface area (Å²) in [6.45, 7) is 32.1. The topological polar surface area (TPSA) is 128 Å². The van der Waals surface area contributed by atoms with Gasteiger partial charge in [0.15, 0.2) is 0 Å². The number of carbonyl (C=O) groups is 3. The van der Waals surface area contributed by atoms with Crippen LogP contribution >= 0.6 is 0 Å². The van der Waals surface area contributed by atoms with Crippen LogP contribution in [0.2, 0.25) is 0 Å². The van der Waals surface area contributed by atoms with Crippen LogP contribution in [0.4, 0.5) is 21.5 Å². The third-order valence-corrected chi connectivity index (χ3v) is 10.4. The molecule has 3 heterocycles. The highest BCUT2D eigenvalue weighted by Gasteiger charge is 2.31. The van der Waals surface area contributed by atoms with Gasteiger partial charge in [-0.05, 0) is 126 Å². The summed E-state index contributed by atoms with van der Waals surface area (Å²) in [6.07, 6.45) is 10.4. The molecule has 3 aromatic rings. The van der Waals surface area contributed by atoms with E-state index in [-0.39, 0.29) is 29.8 Å². The lowest BCUT2D eigenvalue weighted by Gasteiger charge is -2.46. The first-order valence-corrected chi connectivity index (χ1v) is 22.7. The van der Waals surface area contributed by atoms with Crippen LogP contribution < -0.4 is 25.6 Å². The predicted octanol–water partition coefficient (Wildman–Crippen LogP) is 10.7. The van der Waals surface area contributed by atoms with E-state index in [4.69, 9.17) is 4.74 Å². The molecule has 11 nitrogen and oxygen atoms in total. The second-order valence-electron chi connectivity index (χ2n) is 16.2. The maximum atomic E-state index is 14.0. The van der Waals surface area contributed by atoms with Gasteiger partial charge in [0.25, 0.3) is 0 Å². The number of rotatable bonds is 16. The number of aliphatic imine (C=N–C) groups is 1. The Labute approximate surface area is 378 Å². The Balaban J connectivity index is 0.000000307. The third kappa shape index (κ3) is 19.7. The summed E-state index contributed by atoms with van der Waals surface area (Å²) < 4.78 is 19.4. The summed E-state index contributed by atoms with van der Waals surface area (Å²) >= 11 is 0. The normalized spacial score (nSPS) is 13.3. The van der Waals surface area contributed by atoms with E-state index >= 15 is 0 Å². The highest BCUT2D eigenvalue weighted by Crippen LogP contribution is 2.29. The van der Waals surface area contributed by atoms with Crippen molar-refractivity contribution in [3.8, 4) is 5.88 Å². The van der Waals surface area contributed by atoms with Gasteiger partial charge in [0.05, 0.1) is 0 Å². The summed E-state index contributed by atoms with van der Waals surface area (Å²) in [6, 6.07) is 14.4. The number of halogens is 1. The molecule has 0 spiro atoms. The van der Waals surface area contributed by atoms with Gasteiger partial charge in [0, 0.05) is 69.2 Å². The number of amides is 2. The number of nitrogens with one attached hydrogen (secondary N) is 3. The second kappa shape index (κ2) is 29.1. The number of ketones is 1. The molecule has 0 radical (unpaired) electrons. The van der Waals surface area contributed by atoms with Gasteiger partial charge in [-0.3, -0.25) is 24.6 Å². The van der Waals surface area contributed by atoms with Gasteiger partial charge < -0.3 is 20.3 Å². The lowest BCUT2D eigenvalue weighted by molar-refractivity contribution is -0.129. The van der Waals surface area contributed by atoms with Crippen molar-refractivity contribution in [2.75, 3.05) is 54.9 Å². The summed E-state index contributed by atoms with van der Waals surface area (Å²) in [4.78, 5) is 45.6. The zero-order valence-electron chi connectivity index (χ0n) is 40.2. The van der Waals surface area contributed by atoms with Gasteiger partial charge in [-0.2, -0.15) is 0 Å². The quantitative estimate of drug-likeness (QED) is 0.0732. The Morgan fingerprint density at radius 3 is 2.16 bits per heavy atom. The number of aromatic nitrogens is 1. The first-order chi connectivity index (χ1) is 30.1. The highest BCUT2D eigenvalue weighted by molar-refractivity contribution is 5.94. The third-order valence-electron chi connectivity index (χ3n) is 10.4. The molecule has 5 rings (SSSR count). The minimum atomic E-state index is -0.385. The molecule has 0 unspecified atom stereocenters. The first-order valence-electron chi connectivity index (χ1n) is 22.7. The highest BCUT2D eigenvalue weighted by atomic mass is 19.1. The van der Waals surface area contributed by atoms with Crippen LogP contribution in [-0.2, 0) is 20.8 Å². The lowest BCUT2D eigenvalue weighted by Crippen LogP contribution is -2.59. The minimum absolute atomic E-state index is 0.0582. The van der Waals surface area contributed by atoms with Gasteiger partial charge in [-0.25, -0.2) is 14.4 Å². The number of allylic oxidation sites excluding steroid dienone is 2. The fourth-order valence-electron chi connectivity index (χ4n) is 6.79. The number of nitrogens with zero attached hydrogens (tertiary/aromatic N) is 4. The number of carbonyl (C=O) groups excluding carboxylic acids is 3. The molecule has 2 aromatic carbocycles. The number of hydrogen-bond acceptors (Lipinski definition) is 9. The molecule has 2 amide bonds. The van der Waals surface area contributed by atoms with E-state index in [2.05, 4.69) is 115 Å². The van der Waals surface area contributed by atoms with E-state index in [9.17, 15) is 18.8 Å². The molecule has 12 heteroatoms. The number of imide groups is 1. The molecule has 63 heavy (non-hydrogen) atoms. The number of benzene rings is 2. The van der Waals surface area contributed by atoms with Crippen LogP contribution in [-0.4, -0.2) is 78.7 Å². The lowest BCUT2D eigenvalue weighted by atomic mass is 10.0. The Bertz CT molecular complexity index is 1970. The molecular weight excluding hydrogens is 794 g/mol. The number of amidine groups is 1. The Kier molecular flexibility index (Phi) is 24.8. The SMILES string of the molecule is C=C(CC)/C(=C\N=C(C)Nc1ccc(CC(C)=O)c(F)c1)CCC.CCCC(=O)NC(C)=O.CCCN(CCC)C1CN(c2ccc(C)cc2)C1.Cc1cnc2c(c1C)NCCO2. The Morgan fingerprint density at radius 1 is 0.952 bits per heavy atom. The maximum absolute atomic E-state index is 14.0. The predicted molar refractivity (Wildman–Crippen MR) is 261 cm³/mol. The zero-order valence-corrected chi connectivity index (χ0v) is 40.2. The molecule has 0 bridgehead atoms. The van der Waals surface area contributed by atoms with Gasteiger partial charge >= 0.3 is 0 Å². The average Bonchev–Trinajstić information content (AvgIpc) is 3.22. The molecule has 3 N–H and O–H groups in total. The molecule has 0 saturated carbocycles. The van der Waals surface area contributed by atoms with Crippen LogP contribution in [0, 0.1) is 26.6 Å². The first kappa shape index (κ1) is 53.8. The number of ether oxygens (including phenoxy) is 1. The van der Waals surface area contributed by atoms with Crippen LogP contribution in [0.5, 0.6) is 5.88 Å². The number of fused-ring (bicyclic) bond motifs is 1. The van der Waals surface area contributed by atoms with E-state index in [1.165, 1.54) is 81.3 Å². The number of anilines is 3. The van der Waals surface area contributed by atoms with Gasteiger partial charge in [-0.1, -0.05) is 77.0 Å². The minimum Gasteiger partial charge on any atom is -0.474 e. The molecule has 2 aliphatic rings. The molecule has 1 aromatic heterocycles.